The van der Waals surface area contributed by atoms with E-state index in [1.54, 1.807) is 7.11 Å². The van der Waals surface area contributed by atoms with Gasteiger partial charge in [-0.25, -0.2) is 4.79 Å². The summed E-state index contributed by atoms with van der Waals surface area (Å²) in [5.74, 6) is 1.35. The second kappa shape index (κ2) is 11.9. The van der Waals surface area contributed by atoms with E-state index in [0.717, 1.165) is 30.8 Å². The number of amides is 1. The SMILES string of the molecule is CCN(CC)CCOc1cc(CNC(=O)OCc2ccccc2)ccc1OC. The third-order valence-electron chi connectivity index (χ3n) is 4.44. The first-order valence-corrected chi connectivity index (χ1v) is 9.62. The Morgan fingerprint density at radius 3 is 2.43 bits per heavy atom. The first-order chi connectivity index (χ1) is 13.7. The highest BCUT2D eigenvalue weighted by Gasteiger charge is 2.09. The molecule has 28 heavy (non-hydrogen) atoms. The number of nitrogens with one attached hydrogen (secondary N) is 1. The van der Waals surface area contributed by atoms with Crippen molar-refractivity contribution in [1.29, 1.82) is 0 Å². The molecule has 1 N–H and O–H groups in total. The normalized spacial score (nSPS) is 10.6. The molecule has 0 bridgehead atoms. The molecule has 6 nitrogen and oxygen atoms in total. The van der Waals surface area contributed by atoms with Gasteiger partial charge in [-0.1, -0.05) is 50.2 Å². The Morgan fingerprint density at radius 2 is 1.75 bits per heavy atom. The Labute approximate surface area is 167 Å². The summed E-state index contributed by atoms with van der Waals surface area (Å²) in [4.78, 5) is 14.2. The van der Waals surface area contributed by atoms with Gasteiger partial charge in [0.1, 0.15) is 13.2 Å². The predicted molar refractivity (Wildman–Crippen MR) is 110 cm³/mol. The number of nitrogens with zero attached hydrogens (tertiary/aromatic N) is 1. The minimum Gasteiger partial charge on any atom is -0.493 e. The molecule has 0 radical (unpaired) electrons. The van der Waals surface area contributed by atoms with Crippen LogP contribution in [0.15, 0.2) is 48.5 Å². The van der Waals surface area contributed by atoms with Crippen LogP contribution in [0.5, 0.6) is 11.5 Å². The maximum atomic E-state index is 11.9. The molecule has 152 valence electrons. The first kappa shape index (κ1) is 21.6. The number of carbonyl (C=O) groups is 1. The maximum Gasteiger partial charge on any atom is 0.407 e. The quantitative estimate of drug-likeness (QED) is 0.636. The number of hydrogen-bond donors (Lipinski definition) is 1. The van der Waals surface area contributed by atoms with E-state index < -0.39 is 6.09 Å². The highest BCUT2D eigenvalue weighted by atomic mass is 16.5. The molecule has 0 aromatic heterocycles. The molecule has 0 heterocycles. The zero-order chi connectivity index (χ0) is 20.2. The van der Waals surface area contributed by atoms with Gasteiger partial charge in [0.25, 0.3) is 0 Å². The number of alkyl carbamates (subject to hydrolysis) is 1. The largest absolute Gasteiger partial charge is 0.493 e. The van der Waals surface area contributed by atoms with E-state index >= 15 is 0 Å². The predicted octanol–water partition coefficient (Wildman–Crippen LogP) is 3.84. The molecule has 0 aliphatic heterocycles. The van der Waals surface area contributed by atoms with Crippen LogP contribution >= 0.6 is 0 Å². The number of ether oxygens (including phenoxy) is 3. The van der Waals surface area contributed by atoms with Crippen molar-refractivity contribution < 1.29 is 19.0 Å². The molecule has 6 heteroatoms. The zero-order valence-corrected chi connectivity index (χ0v) is 16.9. The van der Waals surface area contributed by atoms with Crippen LogP contribution in [0.3, 0.4) is 0 Å². The van der Waals surface area contributed by atoms with E-state index in [0.29, 0.717) is 24.7 Å². The lowest BCUT2D eigenvalue weighted by Gasteiger charge is -2.19. The van der Waals surface area contributed by atoms with E-state index in [1.807, 2.05) is 48.5 Å². The summed E-state index contributed by atoms with van der Waals surface area (Å²) >= 11 is 0. The first-order valence-electron chi connectivity index (χ1n) is 9.62. The van der Waals surface area contributed by atoms with Crippen molar-refractivity contribution in [1.82, 2.24) is 10.2 Å². The van der Waals surface area contributed by atoms with E-state index in [1.165, 1.54) is 0 Å². The second-order valence-corrected chi connectivity index (χ2v) is 6.28. The maximum absolute atomic E-state index is 11.9. The minimum absolute atomic E-state index is 0.245. The lowest BCUT2D eigenvalue weighted by molar-refractivity contribution is 0.139. The van der Waals surface area contributed by atoms with Crippen molar-refractivity contribution in [3.63, 3.8) is 0 Å². The molecule has 0 unspecified atom stereocenters. The molecule has 0 aliphatic rings. The second-order valence-electron chi connectivity index (χ2n) is 6.28. The average molecular weight is 386 g/mol. The van der Waals surface area contributed by atoms with Crippen LogP contribution in [0.2, 0.25) is 0 Å². The highest BCUT2D eigenvalue weighted by molar-refractivity contribution is 5.67. The van der Waals surface area contributed by atoms with Gasteiger partial charge in [-0.2, -0.15) is 0 Å². The van der Waals surface area contributed by atoms with Crippen LogP contribution < -0.4 is 14.8 Å². The average Bonchev–Trinajstić information content (AvgIpc) is 2.74. The van der Waals surface area contributed by atoms with Crippen LogP contribution in [0.4, 0.5) is 4.79 Å². The van der Waals surface area contributed by atoms with Crippen LogP contribution in [-0.4, -0.2) is 44.3 Å². The molecule has 0 atom stereocenters. The third-order valence-corrected chi connectivity index (χ3v) is 4.44. The lowest BCUT2D eigenvalue weighted by atomic mass is 10.2. The van der Waals surface area contributed by atoms with Gasteiger partial charge in [0.15, 0.2) is 11.5 Å². The molecule has 0 saturated carbocycles. The number of carbonyl (C=O) groups excluding carboxylic acids is 1. The van der Waals surface area contributed by atoms with E-state index in [9.17, 15) is 4.79 Å². The summed E-state index contributed by atoms with van der Waals surface area (Å²) in [7, 11) is 1.62. The number of rotatable bonds is 11. The van der Waals surface area contributed by atoms with E-state index in [2.05, 4.69) is 24.1 Å². The molecule has 0 spiro atoms. The summed E-state index contributed by atoms with van der Waals surface area (Å²) in [5.41, 5.74) is 1.86. The van der Waals surface area contributed by atoms with E-state index in [-0.39, 0.29) is 6.61 Å². The van der Waals surface area contributed by atoms with Crippen LogP contribution in [-0.2, 0) is 17.9 Å². The Hall–Kier alpha value is -2.73. The van der Waals surface area contributed by atoms with Gasteiger partial charge in [0.05, 0.1) is 7.11 Å². The monoisotopic (exact) mass is 386 g/mol. The topological polar surface area (TPSA) is 60.0 Å². The van der Waals surface area contributed by atoms with Gasteiger partial charge in [-0.15, -0.1) is 0 Å². The van der Waals surface area contributed by atoms with Crippen molar-refractivity contribution in [3.05, 3.63) is 59.7 Å². The zero-order valence-electron chi connectivity index (χ0n) is 16.9. The molecule has 2 aromatic rings. The van der Waals surface area contributed by atoms with Crippen molar-refractivity contribution in [2.24, 2.45) is 0 Å². The smallest absolute Gasteiger partial charge is 0.407 e. The van der Waals surface area contributed by atoms with Crippen molar-refractivity contribution >= 4 is 6.09 Å². The van der Waals surface area contributed by atoms with Crippen LogP contribution in [0.1, 0.15) is 25.0 Å². The van der Waals surface area contributed by atoms with Crippen molar-refractivity contribution in [2.45, 2.75) is 27.0 Å². The summed E-state index contributed by atoms with van der Waals surface area (Å²) < 4.78 is 16.5. The summed E-state index contributed by atoms with van der Waals surface area (Å²) in [6.45, 7) is 8.27. The standard InChI is InChI=1S/C22H30N2O4/c1-4-24(5-2)13-14-27-21-15-19(11-12-20(21)26-3)16-23-22(25)28-17-18-9-7-6-8-10-18/h6-12,15H,4-5,13-14,16-17H2,1-3H3,(H,23,25). The fourth-order valence-corrected chi connectivity index (χ4v) is 2.72. The molecule has 2 rings (SSSR count). The summed E-state index contributed by atoms with van der Waals surface area (Å²) in [5, 5.41) is 2.76. The molecule has 0 saturated heterocycles. The Balaban J connectivity index is 1.84. The molecular formula is C22H30N2O4. The number of hydrogen-bond acceptors (Lipinski definition) is 5. The number of methoxy groups -OCH3 is 1. The van der Waals surface area contributed by atoms with Gasteiger partial charge in [-0.05, 0) is 36.3 Å². The third kappa shape index (κ3) is 7.12. The van der Waals surface area contributed by atoms with Crippen molar-refractivity contribution in [2.75, 3.05) is 33.4 Å². The van der Waals surface area contributed by atoms with Crippen LogP contribution in [0, 0.1) is 0 Å². The van der Waals surface area contributed by atoms with Gasteiger partial charge < -0.3 is 24.4 Å². The molecule has 2 aromatic carbocycles. The molecular weight excluding hydrogens is 356 g/mol. The van der Waals surface area contributed by atoms with Crippen LogP contribution in [0.25, 0.3) is 0 Å². The highest BCUT2D eigenvalue weighted by Crippen LogP contribution is 2.28. The van der Waals surface area contributed by atoms with Gasteiger partial charge >= 0.3 is 6.09 Å². The van der Waals surface area contributed by atoms with Gasteiger partial charge in [-0.3, -0.25) is 0 Å². The van der Waals surface area contributed by atoms with E-state index in [4.69, 9.17) is 14.2 Å². The van der Waals surface area contributed by atoms with Crippen molar-refractivity contribution in [3.8, 4) is 11.5 Å². The molecule has 0 fully saturated rings. The minimum atomic E-state index is -0.455. The Morgan fingerprint density at radius 1 is 1.00 bits per heavy atom. The number of benzene rings is 2. The summed E-state index contributed by atoms with van der Waals surface area (Å²) in [6, 6.07) is 15.2. The number of likely N-dealkylation sites (N-methyl/N-ethyl adjacent to an activating group) is 1. The Kier molecular flexibility index (Phi) is 9.15. The Bertz CT molecular complexity index is 718. The van der Waals surface area contributed by atoms with Gasteiger partial charge in [0.2, 0.25) is 0 Å². The molecule has 1 amide bonds. The molecule has 0 aliphatic carbocycles. The fraction of sp³-hybridized carbons (Fsp3) is 0.409. The summed E-state index contributed by atoms with van der Waals surface area (Å²) in [6.07, 6.45) is -0.455. The fourth-order valence-electron chi connectivity index (χ4n) is 2.72. The lowest BCUT2D eigenvalue weighted by Crippen LogP contribution is -2.28. The van der Waals surface area contributed by atoms with Gasteiger partial charge in [0, 0.05) is 13.1 Å².